The number of rotatable bonds is 5. The van der Waals surface area contributed by atoms with Gasteiger partial charge in [-0.25, -0.2) is 4.79 Å². The summed E-state index contributed by atoms with van der Waals surface area (Å²) in [5, 5.41) is 6.49. The van der Waals surface area contributed by atoms with Gasteiger partial charge in [0.2, 0.25) is 0 Å². The van der Waals surface area contributed by atoms with E-state index in [1.54, 1.807) is 18.2 Å². The Balaban J connectivity index is 1.34. The minimum absolute atomic E-state index is 0.0835. The quantitative estimate of drug-likeness (QED) is 0.665. The second-order valence-electron chi connectivity index (χ2n) is 9.34. The molecular formula is C26H34ClN5O2. The average molecular weight is 484 g/mol. The highest BCUT2D eigenvalue weighted by molar-refractivity contribution is 6.30. The van der Waals surface area contributed by atoms with Crippen molar-refractivity contribution < 1.29 is 9.59 Å². The molecule has 0 bridgehead atoms. The van der Waals surface area contributed by atoms with E-state index in [0.29, 0.717) is 10.7 Å². The number of carbonyl (C=O) groups is 2. The van der Waals surface area contributed by atoms with Gasteiger partial charge >= 0.3 is 6.03 Å². The van der Waals surface area contributed by atoms with Gasteiger partial charge in [-0.05, 0) is 76.2 Å². The van der Waals surface area contributed by atoms with Crippen LogP contribution in [0.1, 0.15) is 36.0 Å². The van der Waals surface area contributed by atoms with Crippen molar-refractivity contribution in [1.29, 1.82) is 0 Å². The molecule has 0 atom stereocenters. The molecular weight excluding hydrogens is 450 g/mol. The van der Waals surface area contributed by atoms with Gasteiger partial charge in [0.1, 0.15) is 0 Å². The monoisotopic (exact) mass is 483 g/mol. The van der Waals surface area contributed by atoms with Crippen molar-refractivity contribution in [2.75, 3.05) is 50.5 Å². The van der Waals surface area contributed by atoms with Crippen molar-refractivity contribution in [2.45, 2.75) is 37.8 Å². The van der Waals surface area contributed by atoms with Gasteiger partial charge in [-0.1, -0.05) is 29.8 Å². The Labute approximate surface area is 207 Å². The fourth-order valence-corrected chi connectivity index (χ4v) is 5.04. The Bertz CT molecular complexity index is 1000. The van der Waals surface area contributed by atoms with Gasteiger partial charge in [0.25, 0.3) is 5.91 Å². The molecule has 8 heteroatoms. The van der Waals surface area contributed by atoms with Crippen molar-refractivity contribution in [3.63, 3.8) is 0 Å². The van der Waals surface area contributed by atoms with Crippen LogP contribution < -0.4 is 15.5 Å². The van der Waals surface area contributed by atoms with E-state index in [4.69, 9.17) is 11.6 Å². The van der Waals surface area contributed by atoms with Crippen LogP contribution in [-0.2, 0) is 0 Å². The van der Waals surface area contributed by atoms with Crippen molar-refractivity contribution in [3.8, 4) is 0 Å². The number of nitrogens with one attached hydrogen (secondary N) is 2. The van der Waals surface area contributed by atoms with Gasteiger partial charge < -0.3 is 25.3 Å². The topological polar surface area (TPSA) is 67.9 Å². The summed E-state index contributed by atoms with van der Waals surface area (Å²) < 4.78 is 0. The minimum atomic E-state index is -0.226. The van der Waals surface area contributed by atoms with Gasteiger partial charge in [-0.3, -0.25) is 4.79 Å². The molecule has 0 unspecified atom stereocenters. The van der Waals surface area contributed by atoms with E-state index < -0.39 is 0 Å². The number of nitrogens with zero attached hydrogens (tertiary/aromatic N) is 3. The van der Waals surface area contributed by atoms with Crippen LogP contribution in [0.2, 0.25) is 5.02 Å². The Morgan fingerprint density at radius 1 is 0.971 bits per heavy atom. The zero-order valence-electron chi connectivity index (χ0n) is 20.0. The summed E-state index contributed by atoms with van der Waals surface area (Å²) in [5.41, 5.74) is 2.41. The van der Waals surface area contributed by atoms with Gasteiger partial charge in [-0.15, -0.1) is 0 Å². The summed E-state index contributed by atoms with van der Waals surface area (Å²) in [7, 11) is 4.07. The zero-order valence-corrected chi connectivity index (χ0v) is 20.7. The third-order valence-corrected chi connectivity index (χ3v) is 7.18. The van der Waals surface area contributed by atoms with E-state index in [1.165, 1.54) is 0 Å². The molecule has 0 saturated carbocycles. The van der Waals surface area contributed by atoms with Crippen LogP contribution in [0.4, 0.5) is 16.2 Å². The first kappa shape index (κ1) is 24.4. The number of para-hydroxylation sites is 1. The summed E-state index contributed by atoms with van der Waals surface area (Å²) >= 11 is 5.99. The van der Waals surface area contributed by atoms with Gasteiger partial charge in [0, 0.05) is 48.6 Å². The summed E-state index contributed by atoms with van der Waals surface area (Å²) in [6.45, 7) is 3.61. The Morgan fingerprint density at radius 3 is 2.38 bits per heavy atom. The number of hydrogen-bond acceptors (Lipinski definition) is 4. The van der Waals surface area contributed by atoms with E-state index >= 15 is 0 Å². The zero-order chi connectivity index (χ0) is 24.1. The summed E-state index contributed by atoms with van der Waals surface area (Å²) in [6, 6.07) is 15.2. The van der Waals surface area contributed by atoms with Gasteiger partial charge in [0.15, 0.2) is 0 Å². The number of hydrogen-bond donors (Lipinski definition) is 2. The largest absolute Gasteiger partial charge is 0.371 e. The number of halogens is 1. The molecule has 0 spiro atoms. The maximum atomic E-state index is 13.4. The lowest BCUT2D eigenvalue weighted by atomic mass is 10.0. The van der Waals surface area contributed by atoms with Crippen LogP contribution in [-0.4, -0.2) is 74.1 Å². The highest BCUT2D eigenvalue weighted by Crippen LogP contribution is 2.27. The molecule has 2 aromatic rings. The molecule has 3 amide bonds. The van der Waals surface area contributed by atoms with Gasteiger partial charge in [0.05, 0.1) is 5.56 Å². The first-order chi connectivity index (χ1) is 16.4. The number of benzene rings is 2. The summed E-state index contributed by atoms with van der Waals surface area (Å²) in [6.07, 6.45) is 3.65. The second-order valence-corrected chi connectivity index (χ2v) is 9.77. The van der Waals surface area contributed by atoms with E-state index in [0.717, 1.165) is 63.1 Å². The molecule has 2 aromatic carbocycles. The number of urea groups is 1. The van der Waals surface area contributed by atoms with Crippen LogP contribution in [0.3, 0.4) is 0 Å². The molecule has 7 nitrogen and oxygen atoms in total. The highest BCUT2D eigenvalue weighted by atomic mass is 35.5. The number of carbonyl (C=O) groups excluding carboxylic acids is 2. The predicted octanol–water partition coefficient (Wildman–Crippen LogP) is 4.30. The van der Waals surface area contributed by atoms with E-state index in [1.807, 2.05) is 42.3 Å². The Kier molecular flexibility index (Phi) is 7.95. The molecule has 2 aliphatic rings. The van der Waals surface area contributed by atoms with Crippen molar-refractivity contribution in [2.24, 2.45) is 0 Å². The van der Waals surface area contributed by atoms with E-state index in [2.05, 4.69) is 27.5 Å². The van der Waals surface area contributed by atoms with Crippen LogP contribution in [0.15, 0.2) is 48.5 Å². The molecule has 2 fully saturated rings. The SMILES string of the molecule is CN1CCC(N(C)C(=O)c2ccccc2N2CCC(NC(=O)Nc3cccc(Cl)c3)CC2)CC1. The van der Waals surface area contributed by atoms with E-state index in [-0.39, 0.29) is 24.0 Å². The summed E-state index contributed by atoms with van der Waals surface area (Å²) in [5.74, 6) is 0.0892. The van der Waals surface area contributed by atoms with Crippen molar-refractivity contribution >= 4 is 34.9 Å². The highest BCUT2D eigenvalue weighted by Gasteiger charge is 2.28. The Hall–Kier alpha value is -2.77. The predicted molar refractivity (Wildman–Crippen MR) is 138 cm³/mol. The van der Waals surface area contributed by atoms with Crippen molar-refractivity contribution in [3.05, 3.63) is 59.1 Å². The van der Waals surface area contributed by atoms with Crippen molar-refractivity contribution in [1.82, 2.24) is 15.1 Å². The molecule has 0 radical (unpaired) electrons. The number of piperidine rings is 2. The van der Waals surface area contributed by atoms with Crippen LogP contribution in [0.25, 0.3) is 0 Å². The summed E-state index contributed by atoms with van der Waals surface area (Å²) in [4.78, 5) is 32.3. The second kappa shape index (κ2) is 11.1. The smallest absolute Gasteiger partial charge is 0.319 e. The normalized spacial score (nSPS) is 17.9. The fourth-order valence-electron chi connectivity index (χ4n) is 4.85. The van der Waals surface area contributed by atoms with Gasteiger partial charge in [-0.2, -0.15) is 0 Å². The lowest BCUT2D eigenvalue weighted by Crippen LogP contribution is -2.47. The lowest BCUT2D eigenvalue weighted by molar-refractivity contribution is 0.0660. The Morgan fingerprint density at radius 2 is 1.68 bits per heavy atom. The molecule has 0 aromatic heterocycles. The molecule has 2 saturated heterocycles. The van der Waals surface area contributed by atoms with Crippen LogP contribution in [0.5, 0.6) is 0 Å². The molecule has 182 valence electrons. The third kappa shape index (κ3) is 6.02. The fraction of sp³-hybridized carbons (Fsp3) is 0.462. The van der Waals surface area contributed by atoms with Crippen LogP contribution >= 0.6 is 11.6 Å². The molecule has 2 N–H and O–H groups in total. The first-order valence-electron chi connectivity index (χ1n) is 12.0. The maximum absolute atomic E-state index is 13.4. The maximum Gasteiger partial charge on any atom is 0.319 e. The number of likely N-dealkylation sites (tertiary alicyclic amines) is 1. The standard InChI is InChI=1S/C26H34ClN5O2/c1-30-14-12-22(13-15-30)31(2)25(33)23-8-3-4-9-24(23)32-16-10-20(11-17-32)28-26(34)29-21-7-5-6-19(27)18-21/h3-9,18,20,22H,10-17H2,1-2H3,(H2,28,29,34). The van der Waals surface area contributed by atoms with E-state index in [9.17, 15) is 9.59 Å². The molecule has 0 aliphatic carbocycles. The number of amides is 3. The third-order valence-electron chi connectivity index (χ3n) is 6.94. The minimum Gasteiger partial charge on any atom is -0.371 e. The average Bonchev–Trinajstić information content (AvgIpc) is 2.84. The van der Waals surface area contributed by atoms with Crippen LogP contribution in [0, 0.1) is 0 Å². The molecule has 34 heavy (non-hydrogen) atoms. The number of anilines is 2. The lowest BCUT2D eigenvalue weighted by Gasteiger charge is -2.37. The molecule has 4 rings (SSSR count). The molecule has 2 heterocycles. The molecule has 2 aliphatic heterocycles. The first-order valence-corrected chi connectivity index (χ1v) is 12.4.